The second-order valence-corrected chi connectivity index (χ2v) is 4.30. The van der Waals surface area contributed by atoms with Crippen molar-refractivity contribution in [2.24, 2.45) is 0 Å². The first-order valence-electron chi connectivity index (χ1n) is 4.80. The van der Waals surface area contributed by atoms with Gasteiger partial charge in [-0.3, -0.25) is 4.79 Å². The van der Waals surface area contributed by atoms with Crippen LogP contribution in [0.2, 0.25) is 0 Å². The van der Waals surface area contributed by atoms with Crippen LogP contribution in [0, 0.1) is 5.82 Å². The van der Waals surface area contributed by atoms with Crippen LogP contribution in [0.1, 0.15) is 10.5 Å². The van der Waals surface area contributed by atoms with E-state index in [2.05, 4.69) is 4.98 Å². The molecule has 1 N–H and O–H groups in total. The molecule has 2 rings (SSSR count). The van der Waals surface area contributed by atoms with Gasteiger partial charge in [-0.15, -0.1) is 11.8 Å². The third-order valence-electron chi connectivity index (χ3n) is 2.08. The summed E-state index contributed by atoms with van der Waals surface area (Å²) in [4.78, 5) is 15.4. The Balaban J connectivity index is 1.93. The molecule has 0 fully saturated rings. The highest BCUT2D eigenvalue weighted by molar-refractivity contribution is 8.00. The first kappa shape index (κ1) is 11.0. The molecule has 0 radical (unpaired) electrons. The molecule has 2 nitrogen and oxygen atoms in total. The van der Waals surface area contributed by atoms with E-state index < -0.39 is 0 Å². The summed E-state index contributed by atoms with van der Waals surface area (Å²) in [6.07, 6.45) is 1.72. The molecule has 1 aromatic heterocycles. The maximum atomic E-state index is 12.6. The molecule has 1 aromatic carbocycles. The van der Waals surface area contributed by atoms with E-state index in [0.29, 0.717) is 11.4 Å². The van der Waals surface area contributed by atoms with Crippen LogP contribution >= 0.6 is 11.8 Å². The maximum Gasteiger partial charge on any atom is 0.189 e. The number of ketones is 1. The zero-order valence-electron chi connectivity index (χ0n) is 8.44. The highest BCUT2D eigenvalue weighted by Gasteiger charge is 2.06. The SMILES string of the molecule is O=C(CSc1ccc(F)cc1)c1ccc[nH]1. The van der Waals surface area contributed by atoms with Gasteiger partial charge in [0.15, 0.2) is 5.78 Å². The topological polar surface area (TPSA) is 32.9 Å². The van der Waals surface area contributed by atoms with Gasteiger partial charge in [0.25, 0.3) is 0 Å². The van der Waals surface area contributed by atoms with E-state index in [0.717, 1.165) is 4.90 Å². The Hall–Kier alpha value is -1.55. The number of H-pyrrole nitrogens is 1. The van der Waals surface area contributed by atoms with Crippen molar-refractivity contribution < 1.29 is 9.18 Å². The number of aromatic nitrogens is 1. The van der Waals surface area contributed by atoms with Crippen LogP contribution < -0.4 is 0 Å². The summed E-state index contributed by atoms with van der Waals surface area (Å²) in [6.45, 7) is 0. The second kappa shape index (κ2) is 4.99. The quantitative estimate of drug-likeness (QED) is 0.652. The van der Waals surface area contributed by atoms with Crippen molar-refractivity contribution in [2.45, 2.75) is 4.90 Å². The summed E-state index contributed by atoms with van der Waals surface area (Å²) in [7, 11) is 0. The number of aromatic amines is 1. The number of halogens is 1. The fourth-order valence-electron chi connectivity index (χ4n) is 1.26. The zero-order valence-corrected chi connectivity index (χ0v) is 9.26. The van der Waals surface area contributed by atoms with E-state index in [9.17, 15) is 9.18 Å². The third kappa shape index (κ3) is 2.73. The minimum absolute atomic E-state index is 0.0410. The minimum Gasteiger partial charge on any atom is -0.359 e. The molecule has 0 spiro atoms. The van der Waals surface area contributed by atoms with Crippen molar-refractivity contribution in [3.8, 4) is 0 Å². The molecule has 0 saturated heterocycles. The van der Waals surface area contributed by atoms with Crippen molar-refractivity contribution >= 4 is 17.5 Å². The van der Waals surface area contributed by atoms with Gasteiger partial charge < -0.3 is 4.98 Å². The third-order valence-corrected chi connectivity index (χ3v) is 3.09. The molecular weight excluding hydrogens is 225 g/mol. The molecule has 1 heterocycles. The number of benzene rings is 1. The lowest BCUT2D eigenvalue weighted by molar-refractivity contribution is 0.101. The smallest absolute Gasteiger partial charge is 0.189 e. The first-order chi connectivity index (χ1) is 7.75. The molecule has 2 aromatic rings. The van der Waals surface area contributed by atoms with Crippen molar-refractivity contribution in [3.63, 3.8) is 0 Å². The predicted octanol–water partition coefficient (Wildman–Crippen LogP) is 3.13. The molecule has 0 saturated carbocycles. The van der Waals surface area contributed by atoms with E-state index >= 15 is 0 Å². The number of hydrogen-bond acceptors (Lipinski definition) is 2. The molecule has 0 aliphatic heterocycles. The van der Waals surface area contributed by atoms with Gasteiger partial charge in [-0.2, -0.15) is 0 Å². The summed E-state index contributed by atoms with van der Waals surface area (Å²) in [5.41, 5.74) is 0.606. The second-order valence-electron chi connectivity index (χ2n) is 3.25. The van der Waals surface area contributed by atoms with Gasteiger partial charge in [-0.05, 0) is 36.4 Å². The lowest BCUT2D eigenvalue weighted by Gasteiger charge is -1.99. The van der Waals surface area contributed by atoms with Crippen LogP contribution in [-0.4, -0.2) is 16.5 Å². The van der Waals surface area contributed by atoms with E-state index in [1.165, 1.54) is 23.9 Å². The zero-order chi connectivity index (χ0) is 11.4. The molecule has 0 unspecified atom stereocenters. The number of rotatable bonds is 4. The van der Waals surface area contributed by atoms with Crippen LogP contribution in [0.4, 0.5) is 4.39 Å². The van der Waals surface area contributed by atoms with Gasteiger partial charge in [-0.1, -0.05) is 0 Å². The van der Waals surface area contributed by atoms with Gasteiger partial charge in [0.2, 0.25) is 0 Å². The maximum absolute atomic E-state index is 12.6. The minimum atomic E-state index is -0.264. The molecule has 82 valence electrons. The Morgan fingerprint density at radius 2 is 2.00 bits per heavy atom. The molecule has 0 amide bonds. The largest absolute Gasteiger partial charge is 0.359 e. The fraction of sp³-hybridized carbons (Fsp3) is 0.0833. The normalized spacial score (nSPS) is 10.3. The van der Waals surface area contributed by atoms with Crippen LogP contribution in [0.3, 0.4) is 0 Å². The monoisotopic (exact) mass is 235 g/mol. The average Bonchev–Trinajstić information content (AvgIpc) is 2.81. The number of thioether (sulfide) groups is 1. The summed E-state index contributed by atoms with van der Waals surface area (Å²) in [6, 6.07) is 9.65. The lowest BCUT2D eigenvalue weighted by atomic mass is 10.3. The van der Waals surface area contributed by atoms with E-state index in [4.69, 9.17) is 0 Å². The van der Waals surface area contributed by atoms with Gasteiger partial charge in [0, 0.05) is 11.1 Å². The van der Waals surface area contributed by atoms with E-state index in [-0.39, 0.29) is 11.6 Å². The number of hydrogen-bond donors (Lipinski definition) is 1. The predicted molar refractivity (Wildman–Crippen MR) is 62.2 cm³/mol. The van der Waals surface area contributed by atoms with Crippen LogP contribution in [0.25, 0.3) is 0 Å². The number of carbonyl (C=O) groups excluding carboxylic acids is 1. The molecule has 0 bridgehead atoms. The number of carbonyl (C=O) groups is 1. The Morgan fingerprint density at radius 1 is 1.25 bits per heavy atom. The number of Topliss-reactive ketones (excluding diaryl/α,β-unsaturated/α-hetero) is 1. The summed E-state index contributed by atoms with van der Waals surface area (Å²) >= 11 is 1.40. The average molecular weight is 235 g/mol. The summed E-state index contributed by atoms with van der Waals surface area (Å²) < 4.78 is 12.6. The summed E-state index contributed by atoms with van der Waals surface area (Å²) in [5, 5.41) is 0. The van der Waals surface area contributed by atoms with Gasteiger partial charge >= 0.3 is 0 Å². The standard InChI is InChI=1S/C12H10FNOS/c13-9-3-5-10(6-4-9)16-8-12(15)11-2-1-7-14-11/h1-7,14H,8H2. The van der Waals surface area contributed by atoms with Crippen molar-refractivity contribution in [1.82, 2.24) is 4.98 Å². The molecule has 0 aliphatic carbocycles. The van der Waals surface area contributed by atoms with Gasteiger partial charge in [0.1, 0.15) is 5.82 Å². The number of nitrogens with one attached hydrogen (secondary N) is 1. The lowest BCUT2D eigenvalue weighted by Crippen LogP contribution is -2.02. The Bertz CT molecular complexity index is 464. The molecule has 16 heavy (non-hydrogen) atoms. The van der Waals surface area contributed by atoms with Gasteiger partial charge in [0.05, 0.1) is 11.4 Å². The van der Waals surface area contributed by atoms with Crippen molar-refractivity contribution in [3.05, 3.63) is 54.1 Å². The molecule has 4 heteroatoms. The Morgan fingerprint density at radius 3 is 2.62 bits per heavy atom. The van der Waals surface area contributed by atoms with E-state index in [1.54, 1.807) is 30.5 Å². The Labute approximate surface area is 96.9 Å². The summed E-state index contributed by atoms with van der Waals surface area (Å²) in [5.74, 6) is 0.131. The fourth-order valence-corrected chi connectivity index (χ4v) is 2.04. The molecule has 0 aliphatic rings. The van der Waals surface area contributed by atoms with Crippen molar-refractivity contribution in [2.75, 3.05) is 5.75 Å². The van der Waals surface area contributed by atoms with Crippen LogP contribution in [0.5, 0.6) is 0 Å². The molecule has 0 atom stereocenters. The van der Waals surface area contributed by atoms with Crippen molar-refractivity contribution in [1.29, 1.82) is 0 Å². The van der Waals surface area contributed by atoms with Gasteiger partial charge in [-0.25, -0.2) is 4.39 Å². The van der Waals surface area contributed by atoms with Crippen LogP contribution in [-0.2, 0) is 0 Å². The highest BCUT2D eigenvalue weighted by Crippen LogP contribution is 2.19. The first-order valence-corrected chi connectivity index (χ1v) is 5.79. The van der Waals surface area contributed by atoms with Crippen LogP contribution in [0.15, 0.2) is 47.5 Å². The highest BCUT2D eigenvalue weighted by atomic mass is 32.2. The Kier molecular flexibility index (Phi) is 3.41. The van der Waals surface area contributed by atoms with E-state index in [1.807, 2.05) is 0 Å². The molecular formula is C12H10FNOS.